The molecule has 9 nitrogen and oxygen atoms in total. The summed E-state index contributed by atoms with van der Waals surface area (Å²) in [7, 11) is 0. The van der Waals surface area contributed by atoms with Crippen LogP contribution < -0.4 is 9.51 Å². The molecule has 0 bridgehead atoms. The van der Waals surface area contributed by atoms with E-state index in [-0.39, 0.29) is 23.6 Å². The SMILES string of the molecule is CSc1c2sc(C3=C(C(=O)[O-])N4C(=O)[C@H]([C@@H](C)O)[C@H]4[C@H]3C)c[n+]2cn1Cc1c[nH]cn1. The number of thioether (sulfide) groups is 1. The fourth-order valence-corrected chi connectivity index (χ4v) is 6.99. The van der Waals surface area contributed by atoms with E-state index in [1.807, 2.05) is 36.3 Å². The number of imidazole rings is 2. The van der Waals surface area contributed by atoms with E-state index in [9.17, 15) is 19.8 Å². The summed E-state index contributed by atoms with van der Waals surface area (Å²) in [5, 5.41) is 23.1. The van der Waals surface area contributed by atoms with Gasteiger partial charge in [-0.05, 0) is 13.2 Å². The Morgan fingerprint density at radius 3 is 2.90 bits per heavy atom. The van der Waals surface area contributed by atoms with E-state index in [0.29, 0.717) is 12.1 Å². The minimum atomic E-state index is -1.36. The summed E-state index contributed by atoms with van der Waals surface area (Å²) < 4.78 is 4.08. The highest BCUT2D eigenvalue weighted by atomic mass is 32.2. The molecule has 3 aromatic rings. The number of hydrogen-bond donors (Lipinski definition) is 2. The zero-order chi connectivity index (χ0) is 22.0. The van der Waals surface area contributed by atoms with E-state index >= 15 is 0 Å². The van der Waals surface area contributed by atoms with Gasteiger partial charge < -0.3 is 24.9 Å². The molecule has 2 aliphatic rings. The lowest BCUT2D eigenvalue weighted by atomic mass is 9.77. The Balaban J connectivity index is 1.58. The number of carbonyl (C=O) groups is 2. The number of aliphatic hydroxyl groups is 1. The predicted molar refractivity (Wildman–Crippen MR) is 112 cm³/mol. The Bertz CT molecular complexity index is 1230. The number of amides is 1. The molecule has 3 aromatic heterocycles. The highest BCUT2D eigenvalue weighted by molar-refractivity contribution is 7.98. The molecular weight excluding hydrogens is 438 g/mol. The van der Waals surface area contributed by atoms with Gasteiger partial charge in [-0.15, -0.1) is 0 Å². The highest BCUT2D eigenvalue weighted by Crippen LogP contribution is 2.51. The topological polar surface area (TPSA) is 118 Å². The Kier molecular flexibility index (Phi) is 4.72. The van der Waals surface area contributed by atoms with Gasteiger partial charge in [0.15, 0.2) is 0 Å². The average Bonchev–Trinajstić information content (AvgIpc) is 3.44. The van der Waals surface area contributed by atoms with Gasteiger partial charge in [0.25, 0.3) is 6.33 Å². The van der Waals surface area contributed by atoms with Crippen LogP contribution in [-0.4, -0.2) is 54.8 Å². The van der Waals surface area contributed by atoms with Crippen molar-refractivity contribution >= 4 is 45.4 Å². The van der Waals surface area contributed by atoms with Crippen LogP contribution in [-0.2, 0) is 16.1 Å². The van der Waals surface area contributed by atoms with Crippen LogP contribution >= 0.6 is 23.1 Å². The molecule has 1 fully saturated rings. The summed E-state index contributed by atoms with van der Waals surface area (Å²) in [6, 6.07) is -0.360. The van der Waals surface area contributed by atoms with Crippen LogP contribution in [0.3, 0.4) is 0 Å². The number of carboxylic acid groups (broad SMARTS) is 1. The summed E-state index contributed by atoms with van der Waals surface area (Å²) in [4.78, 5) is 34.9. The van der Waals surface area contributed by atoms with Crippen LogP contribution in [0.15, 0.2) is 35.8 Å². The third-order valence-electron chi connectivity index (χ3n) is 6.12. The summed E-state index contributed by atoms with van der Waals surface area (Å²) >= 11 is 3.10. The first kappa shape index (κ1) is 20.3. The molecule has 0 unspecified atom stereocenters. The molecular formula is C20H21N5O4S2. The maximum atomic E-state index is 12.6. The zero-order valence-electron chi connectivity index (χ0n) is 17.1. The molecule has 1 amide bonds. The van der Waals surface area contributed by atoms with Crippen molar-refractivity contribution in [2.75, 3.05) is 6.26 Å². The van der Waals surface area contributed by atoms with Gasteiger partial charge in [0, 0.05) is 17.7 Å². The number of carboxylic acids is 1. The Morgan fingerprint density at radius 2 is 2.29 bits per heavy atom. The van der Waals surface area contributed by atoms with E-state index in [1.54, 1.807) is 25.0 Å². The highest BCUT2D eigenvalue weighted by Gasteiger charge is 2.59. The van der Waals surface area contributed by atoms with Gasteiger partial charge in [-0.25, -0.2) is 9.55 Å². The van der Waals surface area contributed by atoms with Crippen molar-refractivity contribution < 1.29 is 24.2 Å². The van der Waals surface area contributed by atoms with E-state index in [2.05, 4.69) is 14.5 Å². The molecule has 0 spiro atoms. The molecule has 0 radical (unpaired) electrons. The van der Waals surface area contributed by atoms with Crippen LogP contribution in [0.2, 0.25) is 0 Å². The van der Waals surface area contributed by atoms with Crippen molar-refractivity contribution in [1.29, 1.82) is 0 Å². The van der Waals surface area contributed by atoms with Crippen molar-refractivity contribution in [1.82, 2.24) is 19.4 Å². The number of nitrogens with zero attached hydrogens (tertiary/aromatic N) is 4. The standard InChI is InChI=1S/C20H21N5O4S2/c1-9-13(16(20(28)29)25-15(9)14(10(2)26)17(25)27)12-6-24-8-23(5-11-4-21-7-22-11)18(30-3)19(24)31-12/h4,6-10,14-15,26H,5H2,1-3H3,(H-,21,22,28,29)/t9-,10+,14+,15+/m0/s1. The fraction of sp³-hybridized carbons (Fsp3) is 0.400. The summed E-state index contributed by atoms with van der Waals surface area (Å²) in [6.07, 6.45) is 8.53. The van der Waals surface area contributed by atoms with Crippen LogP contribution in [0.5, 0.6) is 0 Å². The molecule has 0 saturated carbocycles. The van der Waals surface area contributed by atoms with E-state index in [0.717, 1.165) is 20.4 Å². The van der Waals surface area contributed by atoms with Gasteiger partial charge in [0.1, 0.15) is 12.7 Å². The Morgan fingerprint density at radius 1 is 1.52 bits per heavy atom. The lowest BCUT2D eigenvalue weighted by Gasteiger charge is -2.47. The maximum Gasteiger partial charge on any atom is 0.250 e. The number of aromatic nitrogens is 4. The van der Waals surface area contributed by atoms with Gasteiger partial charge in [0.05, 0.1) is 46.6 Å². The Labute approximate surface area is 186 Å². The number of β-lactam (4-membered cyclic amide) rings is 1. The number of rotatable bonds is 6. The quantitative estimate of drug-likeness (QED) is 0.307. The van der Waals surface area contributed by atoms with E-state index in [1.165, 1.54) is 16.2 Å². The first-order valence-electron chi connectivity index (χ1n) is 9.86. The second-order valence-electron chi connectivity index (χ2n) is 7.92. The number of fused-ring (bicyclic) bond motifs is 2. The van der Waals surface area contributed by atoms with E-state index in [4.69, 9.17) is 0 Å². The van der Waals surface area contributed by atoms with Gasteiger partial charge in [-0.3, -0.25) is 4.79 Å². The van der Waals surface area contributed by atoms with Crippen molar-refractivity contribution in [3.63, 3.8) is 0 Å². The summed E-state index contributed by atoms with van der Waals surface area (Å²) in [5.74, 6) is -2.53. The van der Waals surface area contributed by atoms with Gasteiger partial charge in [-0.2, -0.15) is 4.40 Å². The van der Waals surface area contributed by atoms with Crippen molar-refractivity contribution in [3.8, 4) is 0 Å². The second kappa shape index (κ2) is 7.21. The van der Waals surface area contributed by atoms with Gasteiger partial charge in [0.2, 0.25) is 15.8 Å². The minimum Gasteiger partial charge on any atom is -0.543 e. The number of aromatic amines is 1. The third kappa shape index (κ3) is 2.87. The Hall–Kier alpha value is -2.63. The van der Waals surface area contributed by atoms with Crippen molar-refractivity contribution in [2.45, 2.75) is 37.6 Å². The van der Waals surface area contributed by atoms with Crippen molar-refractivity contribution in [2.24, 2.45) is 11.8 Å². The molecule has 0 aliphatic carbocycles. The normalized spacial score (nSPS) is 24.1. The largest absolute Gasteiger partial charge is 0.543 e. The summed E-state index contributed by atoms with van der Waals surface area (Å²) in [5.41, 5.74) is 1.44. The molecule has 0 aromatic carbocycles. The van der Waals surface area contributed by atoms with Crippen molar-refractivity contribution in [3.05, 3.63) is 41.3 Å². The van der Waals surface area contributed by atoms with Crippen LogP contribution in [0.25, 0.3) is 10.4 Å². The van der Waals surface area contributed by atoms with Crippen LogP contribution in [0, 0.1) is 11.8 Å². The van der Waals surface area contributed by atoms with Gasteiger partial charge >= 0.3 is 0 Å². The molecule has 2 N–H and O–H groups in total. The number of thiazole rings is 1. The number of H-pyrrole nitrogens is 1. The molecule has 11 heteroatoms. The lowest BCUT2D eigenvalue weighted by molar-refractivity contribution is -0.508. The molecule has 31 heavy (non-hydrogen) atoms. The number of hydrogen-bond acceptors (Lipinski definition) is 7. The first-order chi connectivity index (χ1) is 14.8. The van der Waals surface area contributed by atoms with Crippen LogP contribution in [0.4, 0.5) is 0 Å². The molecule has 5 rings (SSSR count). The maximum absolute atomic E-state index is 12.6. The molecule has 2 aliphatic heterocycles. The second-order valence-corrected chi connectivity index (χ2v) is 9.75. The number of aliphatic hydroxyl groups excluding tert-OH is 1. The monoisotopic (exact) mass is 459 g/mol. The predicted octanol–water partition coefficient (Wildman–Crippen LogP) is 0.100. The molecule has 1 saturated heterocycles. The number of nitrogens with one attached hydrogen (secondary N) is 1. The summed E-state index contributed by atoms with van der Waals surface area (Å²) in [6.45, 7) is 4.10. The molecule has 162 valence electrons. The van der Waals surface area contributed by atoms with Crippen LogP contribution in [0.1, 0.15) is 24.4 Å². The van der Waals surface area contributed by atoms with Gasteiger partial charge in [-0.1, -0.05) is 30.0 Å². The smallest absolute Gasteiger partial charge is 0.250 e. The third-order valence-corrected chi connectivity index (χ3v) is 8.20. The molecule has 4 atom stereocenters. The number of carbonyl (C=O) groups excluding carboxylic acids is 2. The first-order valence-corrected chi connectivity index (χ1v) is 11.9. The number of aliphatic carboxylic acids is 1. The average molecular weight is 460 g/mol. The fourth-order valence-electron chi connectivity index (χ4n) is 4.81. The lowest BCUT2D eigenvalue weighted by Crippen LogP contribution is -2.64. The molecule has 5 heterocycles. The minimum absolute atomic E-state index is 0.0704. The van der Waals surface area contributed by atoms with E-state index < -0.39 is 18.0 Å². The zero-order valence-corrected chi connectivity index (χ0v) is 18.7.